The van der Waals surface area contributed by atoms with Gasteiger partial charge < -0.3 is 10.1 Å². The second-order valence-electron chi connectivity index (χ2n) is 5.48. The summed E-state index contributed by atoms with van der Waals surface area (Å²) in [6.07, 6.45) is -4.92. The lowest BCUT2D eigenvalue weighted by Gasteiger charge is -2.33. The minimum atomic E-state index is -4.71. The van der Waals surface area contributed by atoms with Gasteiger partial charge in [0.05, 0.1) is 18.3 Å². The van der Waals surface area contributed by atoms with E-state index in [1.807, 2.05) is 4.90 Å². The van der Waals surface area contributed by atoms with Crippen LogP contribution in [0.4, 0.5) is 17.6 Å². The van der Waals surface area contributed by atoms with Gasteiger partial charge in [0, 0.05) is 33.1 Å². The van der Waals surface area contributed by atoms with Crippen LogP contribution < -0.4 is 5.32 Å². The molecule has 0 spiro atoms. The van der Waals surface area contributed by atoms with E-state index in [0.717, 1.165) is 12.1 Å². The average molecular weight is 334 g/mol. The number of benzene rings is 1. The van der Waals surface area contributed by atoms with Gasteiger partial charge in [-0.3, -0.25) is 9.69 Å². The zero-order valence-corrected chi connectivity index (χ0v) is 12.6. The van der Waals surface area contributed by atoms with Crippen LogP contribution in [0.5, 0.6) is 0 Å². The summed E-state index contributed by atoms with van der Waals surface area (Å²) in [5.41, 5.74) is -0.864. The molecule has 1 fully saturated rings. The number of nitrogens with one attached hydrogen (secondary N) is 1. The zero-order valence-electron chi connectivity index (χ0n) is 12.6. The molecule has 0 aromatic heterocycles. The molecule has 1 heterocycles. The lowest BCUT2D eigenvalue weighted by atomic mass is 10.1. The number of nitrogens with zero attached hydrogens (tertiary/aromatic N) is 1. The van der Waals surface area contributed by atoms with Gasteiger partial charge in [0.15, 0.2) is 0 Å². The zero-order chi connectivity index (χ0) is 17.0. The van der Waals surface area contributed by atoms with Gasteiger partial charge in [-0.1, -0.05) is 6.07 Å². The molecule has 1 unspecified atom stereocenters. The molecule has 1 aliphatic rings. The largest absolute Gasteiger partial charge is 0.419 e. The van der Waals surface area contributed by atoms with Crippen molar-refractivity contribution in [2.75, 3.05) is 26.2 Å². The average Bonchev–Trinajstić information content (AvgIpc) is 2.46. The molecular weight excluding hydrogens is 316 g/mol. The Hall–Kier alpha value is -1.67. The molecule has 1 atom stereocenters. The first-order valence-corrected chi connectivity index (χ1v) is 7.19. The maximum atomic E-state index is 13.3. The molecule has 128 valence electrons. The number of hydrogen-bond acceptors (Lipinski definition) is 3. The summed E-state index contributed by atoms with van der Waals surface area (Å²) >= 11 is 0. The van der Waals surface area contributed by atoms with Crippen molar-refractivity contribution < 1.29 is 27.1 Å². The van der Waals surface area contributed by atoms with Crippen LogP contribution in [0.15, 0.2) is 18.2 Å². The van der Waals surface area contributed by atoms with Crippen molar-refractivity contribution in [3.05, 3.63) is 35.1 Å². The van der Waals surface area contributed by atoms with Gasteiger partial charge in [-0.05, 0) is 17.7 Å². The molecule has 1 N–H and O–H groups in total. The van der Waals surface area contributed by atoms with Crippen LogP contribution in [-0.4, -0.2) is 43.2 Å². The number of amides is 1. The van der Waals surface area contributed by atoms with Gasteiger partial charge >= 0.3 is 6.18 Å². The third kappa shape index (κ3) is 5.18. The quantitative estimate of drug-likeness (QED) is 0.858. The van der Waals surface area contributed by atoms with E-state index in [1.165, 1.54) is 13.0 Å². The van der Waals surface area contributed by atoms with Crippen molar-refractivity contribution >= 4 is 5.91 Å². The predicted octanol–water partition coefficient (Wildman–Crippen LogP) is 2.18. The summed E-state index contributed by atoms with van der Waals surface area (Å²) < 4.78 is 57.0. The molecular formula is C15H18F4N2O2. The van der Waals surface area contributed by atoms with Crippen molar-refractivity contribution in [1.82, 2.24) is 10.2 Å². The third-order valence-electron chi connectivity index (χ3n) is 3.54. The van der Waals surface area contributed by atoms with Gasteiger partial charge in [-0.2, -0.15) is 13.2 Å². The summed E-state index contributed by atoms with van der Waals surface area (Å²) in [7, 11) is 0. The molecule has 0 saturated carbocycles. The highest BCUT2D eigenvalue weighted by atomic mass is 19.4. The summed E-state index contributed by atoms with van der Waals surface area (Å²) in [5.74, 6) is -1.44. The lowest BCUT2D eigenvalue weighted by Crippen LogP contribution is -2.46. The van der Waals surface area contributed by atoms with Crippen LogP contribution in [0.3, 0.4) is 0 Å². The molecule has 1 amide bonds. The number of carbonyl (C=O) groups excluding carboxylic acids is 1. The van der Waals surface area contributed by atoms with E-state index in [0.29, 0.717) is 31.8 Å². The van der Waals surface area contributed by atoms with E-state index >= 15 is 0 Å². The molecule has 1 aromatic carbocycles. The van der Waals surface area contributed by atoms with Crippen LogP contribution in [0.1, 0.15) is 18.1 Å². The normalized spacial score (nSPS) is 19.6. The molecule has 1 aliphatic heterocycles. The maximum Gasteiger partial charge on any atom is 0.419 e. The van der Waals surface area contributed by atoms with E-state index in [-0.39, 0.29) is 18.6 Å². The second-order valence-corrected chi connectivity index (χ2v) is 5.48. The fourth-order valence-corrected chi connectivity index (χ4v) is 2.45. The van der Waals surface area contributed by atoms with Gasteiger partial charge in [0.2, 0.25) is 5.91 Å². The Bertz CT molecular complexity index is 563. The monoisotopic (exact) mass is 334 g/mol. The van der Waals surface area contributed by atoms with Crippen molar-refractivity contribution in [1.29, 1.82) is 0 Å². The number of halogens is 4. The third-order valence-corrected chi connectivity index (χ3v) is 3.54. The van der Waals surface area contributed by atoms with E-state index in [2.05, 4.69) is 5.32 Å². The van der Waals surface area contributed by atoms with Crippen LogP contribution in [0.2, 0.25) is 0 Å². The summed E-state index contributed by atoms with van der Waals surface area (Å²) in [6, 6.07) is 3.03. The smallest absolute Gasteiger partial charge is 0.374 e. The fraction of sp³-hybridized carbons (Fsp3) is 0.533. The fourth-order valence-electron chi connectivity index (χ4n) is 2.45. The highest BCUT2D eigenvalue weighted by Gasteiger charge is 2.34. The van der Waals surface area contributed by atoms with Gasteiger partial charge in [0.25, 0.3) is 0 Å². The Morgan fingerprint density at radius 2 is 2.17 bits per heavy atom. The molecule has 0 bridgehead atoms. The van der Waals surface area contributed by atoms with Crippen LogP contribution in [-0.2, 0) is 22.3 Å². The van der Waals surface area contributed by atoms with E-state index < -0.39 is 17.6 Å². The maximum absolute atomic E-state index is 13.3. The first kappa shape index (κ1) is 17.7. The number of ether oxygens (including phenoxy) is 1. The topological polar surface area (TPSA) is 41.6 Å². The molecule has 0 radical (unpaired) electrons. The molecule has 1 saturated heterocycles. The molecule has 8 heteroatoms. The standard InChI is InChI=1S/C15H18F4N2O2/c1-10(22)20-7-12-9-21(4-5-23-12)8-11-2-3-14(16)13(6-11)15(17,18)19/h2-3,6,12H,4-5,7-9H2,1H3,(H,20,22). The Balaban J connectivity index is 2.00. The van der Waals surface area contributed by atoms with Crippen molar-refractivity contribution in [2.24, 2.45) is 0 Å². The first-order chi connectivity index (χ1) is 10.8. The Morgan fingerprint density at radius 3 is 2.83 bits per heavy atom. The van der Waals surface area contributed by atoms with Gasteiger partial charge in [-0.25, -0.2) is 4.39 Å². The Kier molecular flexibility index (Phi) is 5.59. The number of hydrogen-bond donors (Lipinski definition) is 1. The first-order valence-electron chi connectivity index (χ1n) is 7.19. The van der Waals surface area contributed by atoms with Gasteiger partial charge in [0.1, 0.15) is 5.82 Å². The predicted molar refractivity (Wildman–Crippen MR) is 75.1 cm³/mol. The van der Waals surface area contributed by atoms with Crippen molar-refractivity contribution in [3.63, 3.8) is 0 Å². The van der Waals surface area contributed by atoms with E-state index in [4.69, 9.17) is 4.74 Å². The van der Waals surface area contributed by atoms with Crippen LogP contribution in [0.25, 0.3) is 0 Å². The molecule has 1 aromatic rings. The highest BCUT2D eigenvalue weighted by Crippen LogP contribution is 2.32. The highest BCUT2D eigenvalue weighted by molar-refractivity contribution is 5.72. The second kappa shape index (κ2) is 7.27. The van der Waals surface area contributed by atoms with Crippen LogP contribution in [0, 0.1) is 5.82 Å². The number of rotatable bonds is 4. The molecule has 23 heavy (non-hydrogen) atoms. The van der Waals surface area contributed by atoms with Crippen molar-refractivity contribution in [2.45, 2.75) is 25.7 Å². The molecule has 2 rings (SSSR count). The lowest BCUT2D eigenvalue weighted by molar-refractivity contribution is -0.140. The summed E-state index contributed by atoms with van der Waals surface area (Å²) in [6.45, 7) is 3.50. The summed E-state index contributed by atoms with van der Waals surface area (Å²) in [5, 5.41) is 2.65. The van der Waals surface area contributed by atoms with Gasteiger partial charge in [-0.15, -0.1) is 0 Å². The minimum Gasteiger partial charge on any atom is -0.374 e. The van der Waals surface area contributed by atoms with Crippen LogP contribution >= 0.6 is 0 Å². The van der Waals surface area contributed by atoms with E-state index in [9.17, 15) is 22.4 Å². The number of morpholine rings is 1. The SMILES string of the molecule is CC(=O)NCC1CN(Cc2ccc(F)c(C(F)(F)F)c2)CCO1. The number of carbonyl (C=O) groups is 1. The van der Waals surface area contributed by atoms with E-state index in [1.54, 1.807) is 0 Å². The molecule has 0 aliphatic carbocycles. The minimum absolute atomic E-state index is 0.168. The van der Waals surface area contributed by atoms with Crippen molar-refractivity contribution in [3.8, 4) is 0 Å². The number of alkyl halides is 3. The Labute approximate surface area is 131 Å². The Morgan fingerprint density at radius 1 is 1.43 bits per heavy atom. The molecule has 4 nitrogen and oxygen atoms in total. The summed E-state index contributed by atoms with van der Waals surface area (Å²) in [4.78, 5) is 12.8.